The van der Waals surface area contributed by atoms with E-state index in [0.29, 0.717) is 24.3 Å². The van der Waals surface area contributed by atoms with E-state index in [1.165, 1.54) is 0 Å². The van der Waals surface area contributed by atoms with Crippen LogP contribution in [0.2, 0.25) is 0 Å². The fourth-order valence-corrected chi connectivity index (χ4v) is 1.67. The molecule has 0 amide bonds. The molecule has 2 rings (SSSR count). The highest BCUT2D eigenvalue weighted by molar-refractivity contribution is 5.27. The van der Waals surface area contributed by atoms with Crippen LogP contribution in [0.25, 0.3) is 0 Å². The summed E-state index contributed by atoms with van der Waals surface area (Å²) in [5.74, 6) is -1.56. The van der Waals surface area contributed by atoms with Crippen molar-refractivity contribution in [3.05, 3.63) is 34.9 Å². The highest BCUT2D eigenvalue weighted by atomic mass is 19.2. The number of benzene rings is 1. The van der Waals surface area contributed by atoms with Crippen molar-refractivity contribution in [3.63, 3.8) is 0 Å². The van der Waals surface area contributed by atoms with Crippen molar-refractivity contribution in [2.45, 2.75) is 13.0 Å². The highest BCUT2D eigenvalue weighted by Crippen LogP contribution is 2.24. The van der Waals surface area contributed by atoms with Gasteiger partial charge >= 0.3 is 0 Å². The van der Waals surface area contributed by atoms with Crippen LogP contribution in [0.4, 0.5) is 8.78 Å². The number of hydrogen-bond acceptors (Lipinski definition) is 2. The third-order valence-electron chi connectivity index (χ3n) is 2.58. The van der Waals surface area contributed by atoms with Crippen LogP contribution >= 0.6 is 0 Å². The number of ether oxygens (including phenoxy) is 1. The smallest absolute Gasteiger partial charge is 0.164 e. The molecule has 4 heteroatoms. The van der Waals surface area contributed by atoms with Gasteiger partial charge in [-0.15, -0.1) is 0 Å². The number of hydrogen-bond donors (Lipinski definition) is 1. The monoisotopic (exact) mass is 213 g/mol. The van der Waals surface area contributed by atoms with E-state index in [1.807, 2.05) is 0 Å². The number of aryl methyl sites for hydroxylation is 1. The Hall–Kier alpha value is -1.00. The van der Waals surface area contributed by atoms with Gasteiger partial charge in [-0.2, -0.15) is 0 Å². The normalized spacial score (nSPS) is 21.7. The molecule has 0 aliphatic carbocycles. The van der Waals surface area contributed by atoms with E-state index in [2.05, 4.69) is 5.32 Å². The third-order valence-corrected chi connectivity index (χ3v) is 2.58. The van der Waals surface area contributed by atoms with Gasteiger partial charge in [-0.05, 0) is 12.5 Å². The molecule has 1 fully saturated rings. The number of halogens is 2. The molecule has 0 bridgehead atoms. The molecule has 1 aromatic carbocycles. The molecule has 0 aromatic heterocycles. The Bertz CT molecular complexity index is 362. The molecule has 82 valence electrons. The SMILES string of the molecule is Cc1ccc(C2CNCCO2)c(F)c1F. The number of morpholine rings is 1. The van der Waals surface area contributed by atoms with Crippen molar-refractivity contribution < 1.29 is 13.5 Å². The summed E-state index contributed by atoms with van der Waals surface area (Å²) in [7, 11) is 0. The molecule has 1 aliphatic rings. The Morgan fingerprint density at radius 3 is 2.80 bits per heavy atom. The first-order valence-electron chi connectivity index (χ1n) is 4.97. The van der Waals surface area contributed by atoms with E-state index in [4.69, 9.17) is 4.74 Å². The first-order chi connectivity index (χ1) is 7.20. The summed E-state index contributed by atoms with van der Waals surface area (Å²) in [5.41, 5.74) is 0.616. The molecule has 1 N–H and O–H groups in total. The Labute approximate surface area is 87.2 Å². The summed E-state index contributed by atoms with van der Waals surface area (Å²) in [6.45, 7) is 3.35. The average molecular weight is 213 g/mol. The van der Waals surface area contributed by atoms with E-state index < -0.39 is 11.6 Å². The van der Waals surface area contributed by atoms with Gasteiger partial charge in [0.2, 0.25) is 0 Å². The predicted molar refractivity (Wildman–Crippen MR) is 52.7 cm³/mol. The standard InChI is InChI=1S/C11H13F2NO/c1-7-2-3-8(11(13)10(7)12)9-6-14-4-5-15-9/h2-3,9,14H,4-6H2,1H3. The minimum absolute atomic E-state index is 0.297. The molecule has 0 saturated carbocycles. The Kier molecular flexibility index (Phi) is 2.98. The van der Waals surface area contributed by atoms with E-state index in [9.17, 15) is 8.78 Å². The van der Waals surface area contributed by atoms with Gasteiger partial charge in [0.05, 0.1) is 12.7 Å². The molecule has 15 heavy (non-hydrogen) atoms. The third kappa shape index (κ3) is 2.01. The summed E-state index contributed by atoms with van der Waals surface area (Å²) in [5, 5.41) is 3.08. The Balaban J connectivity index is 2.31. The number of nitrogens with one attached hydrogen (secondary N) is 1. The topological polar surface area (TPSA) is 21.3 Å². The quantitative estimate of drug-likeness (QED) is 0.769. The van der Waals surface area contributed by atoms with Gasteiger partial charge in [0.25, 0.3) is 0 Å². The van der Waals surface area contributed by atoms with Crippen molar-refractivity contribution in [2.24, 2.45) is 0 Å². The van der Waals surface area contributed by atoms with Crippen LogP contribution in [0.5, 0.6) is 0 Å². The van der Waals surface area contributed by atoms with Gasteiger partial charge in [-0.25, -0.2) is 8.78 Å². The average Bonchev–Trinajstić information content (AvgIpc) is 2.27. The lowest BCUT2D eigenvalue weighted by molar-refractivity contribution is 0.0251. The molecule has 1 aliphatic heterocycles. The Morgan fingerprint density at radius 1 is 1.33 bits per heavy atom. The minimum atomic E-state index is -0.788. The molecular formula is C11H13F2NO. The lowest BCUT2D eigenvalue weighted by Gasteiger charge is -2.24. The van der Waals surface area contributed by atoms with Crippen LogP contribution in [0.15, 0.2) is 12.1 Å². The number of rotatable bonds is 1. The Morgan fingerprint density at radius 2 is 2.13 bits per heavy atom. The van der Waals surface area contributed by atoms with Gasteiger partial charge in [0, 0.05) is 18.7 Å². The summed E-state index contributed by atoms with van der Waals surface area (Å²) in [4.78, 5) is 0. The lowest BCUT2D eigenvalue weighted by Crippen LogP contribution is -2.33. The maximum atomic E-state index is 13.6. The van der Waals surface area contributed by atoms with Crippen LogP contribution in [0.1, 0.15) is 17.2 Å². The summed E-state index contributed by atoms with van der Waals surface area (Å²) in [6, 6.07) is 3.16. The second kappa shape index (κ2) is 4.24. The van der Waals surface area contributed by atoms with Gasteiger partial charge in [-0.1, -0.05) is 12.1 Å². The zero-order valence-electron chi connectivity index (χ0n) is 8.52. The molecule has 1 heterocycles. The van der Waals surface area contributed by atoms with E-state index in [1.54, 1.807) is 19.1 Å². The summed E-state index contributed by atoms with van der Waals surface area (Å²) >= 11 is 0. The van der Waals surface area contributed by atoms with Crippen molar-refractivity contribution in [1.29, 1.82) is 0 Å². The molecule has 1 unspecified atom stereocenters. The van der Waals surface area contributed by atoms with Gasteiger partial charge in [0.15, 0.2) is 11.6 Å². The minimum Gasteiger partial charge on any atom is -0.371 e. The van der Waals surface area contributed by atoms with Gasteiger partial charge in [0.1, 0.15) is 0 Å². The lowest BCUT2D eigenvalue weighted by atomic mass is 10.0. The zero-order valence-corrected chi connectivity index (χ0v) is 8.52. The van der Waals surface area contributed by atoms with E-state index in [0.717, 1.165) is 6.54 Å². The zero-order chi connectivity index (χ0) is 10.8. The first-order valence-corrected chi connectivity index (χ1v) is 4.97. The molecule has 2 nitrogen and oxygen atoms in total. The molecule has 0 radical (unpaired) electrons. The first kappa shape index (κ1) is 10.5. The molecule has 1 atom stereocenters. The summed E-state index contributed by atoms with van der Waals surface area (Å²) < 4.78 is 32.2. The van der Waals surface area contributed by atoms with Crippen LogP contribution in [-0.2, 0) is 4.74 Å². The van der Waals surface area contributed by atoms with Crippen LogP contribution in [-0.4, -0.2) is 19.7 Å². The largest absolute Gasteiger partial charge is 0.371 e. The predicted octanol–water partition coefficient (Wildman–Crippen LogP) is 1.93. The van der Waals surface area contributed by atoms with E-state index in [-0.39, 0.29) is 6.10 Å². The maximum Gasteiger partial charge on any atom is 0.164 e. The van der Waals surface area contributed by atoms with Gasteiger partial charge < -0.3 is 10.1 Å². The second-order valence-electron chi connectivity index (χ2n) is 3.66. The molecule has 1 aromatic rings. The van der Waals surface area contributed by atoms with Crippen molar-refractivity contribution in [3.8, 4) is 0 Å². The highest BCUT2D eigenvalue weighted by Gasteiger charge is 2.21. The fraction of sp³-hybridized carbons (Fsp3) is 0.455. The van der Waals surface area contributed by atoms with Crippen molar-refractivity contribution in [1.82, 2.24) is 5.32 Å². The molecule has 0 spiro atoms. The summed E-state index contributed by atoms with van der Waals surface area (Å²) in [6.07, 6.45) is -0.381. The maximum absolute atomic E-state index is 13.6. The van der Waals surface area contributed by atoms with Gasteiger partial charge in [-0.3, -0.25) is 0 Å². The molecule has 1 saturated heterocycles. The second-order valence-corrected chi connectivity index (χ2v) is 3.66. The van der Waals surface area contributed by atoms with Crippen LogP contribution < -0.4 is 5.32 Å². The van der Waals surface area contributed by atoms with E-state index >= 15 is 0 Å². The van der Waals surface area contributed by atoms with Crippen molar-refractivity contribution in [2.75, 3.05) is 19.7 Å². The van der Waals surface area contributed by atoms with Crippen LogP contribution in [0, 0.1) is 18.6 Å². The fourth-order valence-electron chi connectivity index (χ4n) is 1.67. The molecular weight excluding hydrogens is 200 g/mol. The van der Waals surface area contributed by atoms with Crippen molar-refractivity contribution >= 4 is 0 Å². The van der Waals surface area contributed by atoms with Crippen LogP contribution in [0.3, 0.4) is 0 Å².